The van der Waals surface area contributed by atoms with Crippen molar-refractivity contribution in [2.75, 3.05) is 0 Å². The average Bonchev–Trinajstić information content (AvgIpc) is 3.55. The van der Waals surface area contributed by atoms with Crippen LogP contribution in [0.25, 0.3) is 11.5 Å². The van der Waals surface area contributed by atoms with Crippen molar-refractivity contribution in [3.05, 3.63) is 68.5 Å². The molecule has 0 aliphatic heterocycles. The number of carbonyl (C=O) groups excluding carboxylic acids is 1. The van der Waals surface area contributed by atoms with Crippen LogP contribution in [0.1, 0.15) is 46.5 Å². The van der Waals surface area contributed by atoms with Gasteiger partial charge in [0.05, 0.1) is 16.5 Å². The summed E-state index contributed by atoms with van der Waals surface area (Å²) in [4.78, 5) is 12.4. The van der Waals surface area contributed by atoms with Crippen molar-refractivity contribution in [3.8, 4) is 11.5 Å². The van der Waals surface area contributed by atoms with E-state index in [9.17, 15) is 4.79 Å². The Balaban J connectivity index is 1.42. The quantitative estimate of drug-likeness (QED) is 0.385. The second-order valence-electron chi connectivity index (χ2n) is 7.72. The fourth-order valence-corrected chi connectivity index (χ4v) is 5.17. The fourth-order valence-electron chi connectivity index (χ4n) is 3.60. The van der Waals surface area contributed by atoms with Gasteiger partial charge in [-0.05, 0) is 54.8 Å². The van der Waals surface area contributed by atoms with Crippen LogP contribution in [0.4, 0.5) is 0 Å². The molecule has 10 heteroatoms. The van der Waals surface area contributed by atoms with Crippen molar-refractivity contribution in [2.24, 2.45) is 0 Å². The van der Waals surface area contributed by atoms with Crippen LogP contribution in [0, 0.1) is 0 Å². The maximum absolute atomic E-state index is 12.4. The molecule has 2 fully saturated rings. The first-order valence-electron chi connectivity index (χ1n) is 9.52. The first kappa shape index (κ1) is 21.4. The van der Waals surface area contributed by atoms with Gasteiger partial charge in [-0.1, -0.05) is 34.8 Å². The Hall–Kier alpha value is -1.50. The van der Waals surface area contributed by atoms with Gasteiger partial charge >= 0.3 is 0 Å². The Kier molecular flexibility index (Phi) is 5.39. The minimum atomic E-state index is -1.13. The van der Waals surface area contributed by atoms with Crippen LogP contribution in [0.3, 0.4) is 0 Å². The number of rotatable bonds is 5. The monoisotopic (exact) mass is 515 g/mol. The van der Waals surface area contributed by atoms with E-state index in [0.29, 0.717) is 32.1 Å². The SMILES string of the molecule is O=C(NC1CC1)c1cc(-c2nnc(C3C(c4cc(Cl)cc(Cl)c4)C3(Cl)Cl)o2)ccc1Cl. The molecule has 0 spiro atoms. The third kappa shape index (κ3) is 4.14. The van der Waals surface area contributed by atoms with E-state index in [4.69, 9.17) is 62.4 Å². The molecule has 31 heavy (non-hydrogen) atoms. The summed E-state index contributed by atoms with van der Waals surface area (Å²) in [6.07, 6.45) is 1.96. The molecule has 0 bridgehead atoms. The smallest absolute Gasteiger partial charge is 0.253 e. The summed E-state index contributed by atoms with van der Waals surface area (Å²) in [5, 5.41) is 12.5. The van der Waals surface area contributed by atoms with Gasteiger partial charge in [0.15, 0.2) is 0 Å². The number of aromatic nitrogens is 2. The second-order valence-corrected chi connectivity index (χ2v) is 10.4. The van der Waals surface area contributed by atoms with Crippen molar-refractivity contribution in [1.29, 1.82) is 0 Å². The number of nitrogens with zero attached hydrogens (tertiary/aromatic N) is 2. The molecule has 0 radical (unpaired) electrons. The van der Waals surface area contributed by atoms with E-state index in [2.05, 4.69) is 15.5 Å². The van der Waals surface area contributed by atoms with Gasteiger partial charge in [-0.25, -0.2) is 0 Å². The summed E-state index contributed by atoms with van der Waals surface area (Å²) in [7, 11) is 0. The highest BCUT2D eigenvalue weighted by Crippen LogP contribution is 2.70. The zero-order valence-corrected chi connectivity index (χ0v) is 19.5. The molecular weight excluding hydrogens is 504 g/mol. The van der Waals surface area contributed by atoms with Gasteiger partial charge in [0.1, 0.15) is 4.33 Å². The number of halogens is 5. The van der Waals surface area contributed by atoms with Crippen LogP contribution in [0.15, 0.2) is 40.8 Å². The maximum atomic E-state index is 12.4. The van der Waals surface area contributed by atoms with Gasteiger partial charge < -0.3 is 9.73 Å². The molecule has 2 aliphatic carbocycles. The maximum Gasteiger partial charge on any atom is 0.253 e. The number of hydrogen-bond acceptors (Lipinski definition) is 4. The molecule has 1 aromatic heterocycles. The van der Waals surface area contributed by atoms with Crippen LogP contribution in [0.5, 0.6) is 0 Å². The highest BCUT2D eigenvalue weighted by molar-refractivity contribution is 6.52. The molecule has 2 unspecified atom stereocenters. The lowest BCUT2D eigenvalue weighted by molar-refractivity contribution is 0.0951. The summed E-state index contributed by atoms with van der Waals surface area (Å²) >= 11 is 31.5. The molecule has 5 nitrogen and oxygen atoms in total. The van der Waals surface area contributed by atoms with Crippen LogP contribution in [-0.2, 0) is 0 Å². The molecule has 3 aromatic rings. The summed E-state index contributed by atoms with van der Waals surface area (Å²) < 4.78 is 4.75. The van der Waals surface area contributed by atoms with Crippen LogP contribution >= 0.6 is 58.0 Å². The van der Waals surface area contributed by atoms with Crippen LogP contribution in [0.2, 0.25) is 15.1 Å². The fraction of sp³-hybridized carbons (Fsp3) is 0.286. The first-order valence-corrected chi connectivity index (χ1v) is 11.4. The Bertz CT molecular complexity index is 1170. The summed E-state index contributed by atoms with van der Waals surface area (Å²) in [6, 6.07) is 10.4. The van der Waals surface area contributed by atoms with Gasteiger partial charge in [0.25, 0.3) is 5.91 Å². The molecule has 1 amide bonds. The van der Waals surface area contributed by atoms with Crippen molar-refractivity contribution in [1.82, 2.24) is 15.5 Å². The van der Waals surface area contributed by atoms with Gasteiger partial charge in [0, 0.05) is 27.6 Å². The number of nitrogens with one attached hydrogen (secondary N) is 1. The van der Waals surface area contributed by atoms with E-state index in [1.165, 1.54) is 0 Å². The zero-order chi connectivity index (χ0) is 21.9. The lowest BCUT2D eigenvalue weighted by atomic mass is 10.1. The first-order chi connectivity index (χ1) is 14.7. The van der Waals surface area contributed by atoms with E-state index in [1.54, 1.807) is 36.4 Å². The predicted molar refractivity (Wildman–Crippen MR) is 122 cm³/mol. The minimum Gasteiger partial charge on any atom is -0.420 e. The highest BCUT2D eigenvalue weighted by Gasteiger charge is 2.67. The molecule has 1 heterocycles. The van der Waals surface area contributed by atoms with E-state index in [0.717, 1.165) is 18.4 Å². The van der Waals surface area contributed by atoms with E-state index in [1.807, 2.05) is 0 Å². The topological polar surface area (TPSA) is 68.0 Å². The largest absolute Gasteiger partial charge is 0.420 e. The predicted octanol–water partition coefficient (Wildman–Crippen LogP) is 6.64. The molecule has 2 saturated carbocycles. The molecule has 2 aromatic carbocycles. The number of carbonyl (C=O) groups is 1. The molecule has 160 valence electrons. The van der Waals surface area contributed by atoms with E-state index in [-0.39, 0.29) is 23.8 Å². The third-order valence-electron chi connectivity index (χ3n) is 5.37. The molecular formula is C21H14Cl5N3O2. The lowest BCUT2D eigenvalue weighted by Gasteiger charge is -2.06. The number of amides is 1. The molecule has 5 rings (SSSR count). The normalized spacial score (nSPS) is 21.7. The minimum absolute atomic E-state index is 0.217. The van der Waals surface area contributed by atoms with E-state index >= 15 is 0 Å². The second kappa shape index (κ2) is 7.82. The summed E-state index contributed by atoms with van der Waals surface area (Å²) in [5.74, 6) is -0.414. The Morgan fingerprint density at radius 3 is 2.39 bits per heavy atom. The molecule has 2 atom stereocenters. The lowest BCUT2D eigenvalue weighted by Crippen LogP contribution is -2.25. The zero-order valence-electron chi connectivity index (χ0n) is 15.7. The van der Waals surface area contributed by atoms with Crippen molar-refractivity contribution in [3.63, 3.8) is 0 Å². The molecule has 1 N–H and O–H groups in total. The van der Waals surface area contributed by atoms with Gasteiger partial charge in [0.2, 0.25) is 11.8 Å². The van der Waals surface area contributed by atoms with Crippen molar-refractivity contribution < 1.29 is 9.21 Å². The standard InChI is InChI=1S/C21H14Cl5N3O2/c22-11-5-10(6-12(23)8-11)16-17(21(16,25)26)20-29-28-19(31-20)9-1-4-15(24)14(7-9)18(30)27-13-2-3-13/h1,4-8,13,16-17H,2-3H2,(H,27,30). The van der Waals surface area contributed by atoms with Crippen LogP contribution in [-0.4, -0.2) is 26.5 Å². The summed E-state index contributed by atoms with van der Waals surface area (Å²) in [6.45, 7) is 0. The van der Waals surface area contributed by atoms with Crippen molar-refractivity contribution >= 4 is 63.9 Å². The molecule has 0 saturated heterocycles. The van der Waals surface area contributed by atoms with Gasteiger partial charge in [-0.2, -0.15) is 0 Å². The third-order valence-corrected chi connectivity index (χ3v) is 7.08. The number of alkyl halides is 2. The summed E-state index contributed by atoms with van der Waals surface area (Å²) in [5.41, 5.74) is 1.72. The van der Waals surface area contributed by atoms with E-state index < -0.39 is 10.3 Å². The van der Waals surface area contributed by atoms with Crippen molar-refractivity contribution in [2.45, 2.75) is 35.1 Å². The Labute approximate surface area is 203 Å². The van der Waals surface area contributed by atoms with Gasteiger partial charge in [-0.15, -0.1) is 33.4 Å². The highest BCUT2D eigenvalue weighted by atomic mass is 35.5. The van der Waals surface area contributed by atoms with Gasteiger partial charge in [-0.3, -0.25) is 4.79 Å². The number of hydrogen-bond donors (Lipinski definition) is 1. The molecule has 2 aliphatic rings. The number of benzene rings is 2. The average molecular weight is 518 g/mol. The van der Waals surface area contributed by atoms with Crippen LogP contribution < -0.4 is 5.32 Å². The Morgan fingerprint density at radius 1 is 1.00 bits per heavy atom. The Morgan fingerprint density at radius 2 is 1.71 bits per heavy atom.